The molecule has 0 saturated carbocycles. The smallest absolute Gasteiger partial charge is 0.0626 e. The van der Waals surface area contributed by atoms with Crippen LogP contribution in [0.3, 0.4) is 0 Å². The summed E-state index contributed by atoms with van der Waals surface area (Å²) in [6.07, 6.45) is 0.974. The third-order valence-electron chi connectivity index (χ3n) is 2.20. The topological polar surface area (TPSA) is 55.9 Å². The number of nitrogens with one attached hydrogen (secondary N) is 1. The molecule has 13 heavy (non-hydrogen) atoms. The molecule has 0 bridgehead atoms. The van der Waals surface area contributed by atoms with Gasteiger partial charge in [-0.25, -0.2) is 0 Å². The van der Waals surface area contributed by atoms with Crippen LogP contribution in [0.1, 0.15) is 37.7 Å². The van der Waals surface area contributed by atoms with E-state index in [0.29, 0.717) is 0 Å². The Hall–Kier alpha value is -0.870. The van der Waals surface area contributed by atoms with Gasteiger partial charge in [-0.3, -0.25) is 16.0 Å². The van der Waals surface area contributed by atoms with Crippen LogP contribution in [-0.2, 0) is 6.54 Å². The van der Waals surface area contributed by atoms with Gasteiger partial charge in [-0.1, -0.05) is 6.92 Å². The Kier molecular flexibility index (Phi) is 3.45. The van der Waals surface area contributed by atoms with E-state index >= 15 is 0 Å². The number of hydrogen-bond acceptors (Lipinski definition) is 3. The van der Waals surface area contributed by atoms with Gasteiger partial charge in [0, 0.05) is 6.54 Å². The van der Waals surface area contributed by atoms with Crippen LogP contribution in [0.15, 0.2) is 6.07 Å². The fourth-order valence-corrected chi connectivity index (χ4v) is 1.51. The SMILES string of the molecule is CCC(NN)c1cc(C)nn1CC. The molecule has 0 radical (unpaired) electrons. The van der Waals surface area contributed by atoms with Gasteiger partial charge in [0.1, 0.15) is 0 Å². The van der Waals surface area contributed by atoms with Gasteiger partial charge < -0.3 is 0 Å². The van der Waals surface area contributed by atoms with E-state index in [2.05, 4.69) is 30.4 Å². The Morgan fingerprint density at radius 1 is 1.62 bits per heavy atom. The van der Waals surface area contributed by atoms with E-state index in [1.807, 2.05) is 11.6 Å². The van der Waals surface area contributed by atoms with Crippen LogP contribution in [0.2, 0.25) is 0 Å². The van der Waals surface area contributed by atoms with Gasteiger partial charge in [0.05, 0.1) is 17.4 Å². The van der Waals surface area contributed by atoms with E-state index in [-0.39, 0.29) is 6.04 Å². The third kappa shape index (κ3) is 2.08. The highest BCUT2D eigenvalue weighted by Gasteiger charge is 2.12. The molecule has 0 fully saturated rings. The quantitative estimate of drug-likeness (QED) is 0.542. The van der Waals surface area contributed by atoms with E-state index in [1.54, 1.807) is 0 Å². The van der Waals surface area contributed by atoms with Crippen molar-refractivity contribution >= 4 is 0 Å². The first-order valence-corrected chi connectivity index (χ1v) is 4.73. The summed E-state index contributed by atoms with van der Waals surface area (Å²) < 4.78 is 1.99. The van der Waals surface area contributed by atoms with Gasteiger partial charge >= 0.3 is 0 Å². The van der Waals surface area contributed by atoms with Crippen LogP contribution < -0.4 is 11.3 Å². The van der Waals surface area contributed by atoms with Gasteiger partial charge in [-0.15, -0.1) is 0 Å². The second-order valence-electron chi connectivity index (χ2n) is 3.15. The van der Waals surface area contributed by atoms with Gasteiger partial charge in [-0.05, 0) is 26.3 Å². The molecule has 1 atom stereocenters. The lowest BCUT2D eigenvalue weighted by molar-refractivity contribution is 0.481. The summed E-state index contributed by atoms with van der Waals surface area (Å²) in [6, 6.07) is 2.29. The highest BCUT2D eigenvalue weighted by Crippen LogP contribution is 2.16. The lowest BCUT2D eigenvalue weighted by Gasteiger charge is -2.14. The maximum atomic E-state index is 5.46. The van der Waals surface area contributed by atoms with Gasteiger partial charge in [0.25, 0.3) is 0 Å². The molecule has 1 aromatic rings. The van der Waals surface area contributed by atoms with Crippen molar-refractivity contribution < 1.29 is 0 Å². The Morgan fingerprint density at radius 2 is 2.31 bits per heavy atom. The number of hydrazine groups is 1. The molecule has 0 aliphatic rings. The average molecular weight is 182 g/mol. The van der Waals surface area contributed by atoms with Crippen LogP contribution >= 0.6 is 0 Å². The molecule has 0 aliphatic carbocycles. The largest absolute Gasteiger partial charge is 0.271 e. The maximum Gasteiger partial charge on any atom is 0.0626 e. The zero-order valence-corrected chi connectivity index (χ0v) is 8.54. The van der Waals surface area contributed by atoms with Crippen molar-refractivity contribution in [2.75, 3.05) is 0 Å². The van der Waals surface area contributed by atoms with E-state index in [4.69, 9.17) is 5.84 Å². The number of aryl methyl sites for hydroxylation is 2. The van der Waals surface area contributed by atoms with Crippen molar-refractivity contribution in [2.45, 2.75) is 39.8 Å². The zero-order valence-electron chi connectivity index (χ0n) is 8.54. The molecule has 0 spiro atoms. The van der Waals surface area contributed by atoms with Crippen LogP contribution in [0, 0.1) is 6.92 Å². The van der Waals surface area contributed by atoms with Gasteiger partial charge in [0.2, 0.25) is 0 Å². The van der Waals surface area contributed by atoms with Crippen molar-refractivity contribution in [3.8, 4) is 0 Å². The van der Waals surface area contributed by atoms with Crippen molar-refractivity contribution in [2.24, 2.45) is 5.84 Å². The van der Waals surface area contributed by atoms with Crippen molar-refractivity contribution in [1.82, 2.24) is 15.2 Å². The maximum absolute atomic E-state index is 5.46. The number of nitrogens with zero attached hydrogens (tertiary/aromatic N) is 2. The molecule has 1 heterocycles. The molecule has 1 aromatic heterocycles. The van der Waals surface area contributed by atoms with E-state index in [9.17, 15) is 0 Å². The minimum absolute atomic E-state index is 0.209. The Bertz CT molecular complexity index is 263. The highest BCUT2D eigenvalue weighted by atomic mass is 15.3. The summed E-state index contributed by atoms with van der Waals surface area (Å²) >= 11 is 0. The Labute approximate surface area is 79.1 Å². The van der Waals surface area contributed by atoms with Crippen molar-refractivity contribution in [3.63, 3.8) is 0 Å². The van der Waals surface area contributed by atoms with Crippen molar-refractivity contribution in [3.05, 3.63) is 17.5 Å². The lowest BCUT2D eigenvalue weighted by Crippen LogP contribution is -2.29. The molecular formula is C9H18N4. The fourth-order valence-electron chi connectivity index (χ4n) is 1.51. The summed E-state index contributed by atoms with van der Waals surface area (Å²) in [5, 5.41) is 4.37. The minimum atomic E-state index is 0.209. The molecule has 1 unspecified atom stereocenters. The summed E-state index contributed by atoms with van der Waals surface area (Å²) in [6.45, 7) is 7.08. The second kappa shape index (κ2) is 4.39. The zero-order chi connectivity index (χ0) is 9.84. The van der Waals surface area contributed by atoms with Gasteiger partial charge in [-0.2, -0.15) is 5.10 Å². The van der Waals surface area contributed by atoms with Crippen LogP contribution in [0.4, 0.5) is 0 Å². The summed E-state index contributed by atoms with van der Waals surface area (Å²) in [4.78, 5) is 0. The first-order valence-electron chi connectivity index (χ1n) is 4.73. The fraction of sp³-hybridized carbons (Fsp3) is 0.667. The predicted octanol–water partition coefficient (Wildman–Crippen LogP) is 1.13. The van der Waals surface area contributed by atoms with Crippen LogP contribution in [0.5, 0.6) is 0 Å². The van der Waals surface area contributed by atoms with Crippen LogP contribution in [-0.4, -0.2) is 9.78 Å². The summed E-state index contributed by atoms with van der Waals surface area (Å²) in [5.74, 6) is 5.46. The molecule has 4 heteroatoms. The lowest BCUT2D eigenvalue weighted by atomic mass is 10.1. The standard InChI is InChI=1S/C9H18N4/c1-4-8(11-10)9-6-7(3)12-13(9)5-2/h6,8,11H,4-5,10H2,1-3H3. The molecule has 3 N–H and O–H groups in total. The Morgan fingerprint density at radius 3 is 2.77 bits per heavy atom. The second-order valence-corrected chi connectivity index (χ2v) is 3.15. The normalized spacial score (nSPS) is 13.2. The van der Waals surface area contributed by atoms with E-state index in [1.165, 1.54) is 5.69 Å². The third-order valence-corrected chi connectivity index (χ3v) is 2.20. The van der Waals surface area contributed by atoms with Gasteiger partial charge in [0.15, 0.2) is 0 Å². The molecule has 1 rings (SSSR count). The first kappa shape index (κ1) is 10.2. The molecule has 4 nitrogen and oxygen atoms in total. The monoisotopic (exact) mass is 182 g/mol. The molecule has 0 amide bonds. The highest BCUT2D eigenvalue weighted by molar-refractivity contribution is 5.12. The molecular weight excluding hydrogens is 164 g/mol. The number of rotatable bonds is 4. The molecule has 0 aromatic carbocycles. The van der Waals surface area contributed by atoms with E-state index in [0.717, 1.165) is 18.7 Å². The van der Waals surface area contributed by atoms with Crippen molar-refractivity contribution in [1.29, 1.82) is 0 Å². The Balaban J connectivity index is 2.96. The number of aromatic nitrogens is 2. The molecule has 0 aliphatic heterocycles. The molecule has 0 saturated heterocycles. The number of nitrogens with two attached hydrogens (primary N) is 1. The summed E-state index contributed by atoms with van der Waals surface area (Å²) in [5.41, 5.74) is 5.01. The number of hydrogen-bond donors (Lipinski definition) is 2. The summed E-state index contributed by atoms with van der Waals surface area (Å²) in [7, 11) is 0. The minimum Gasteiger partial charge on any atom is -0.271 e. The molecule has 74 valence electrons. The van der Waals surface area contributed by atoms with E-state index < -0.39 is 0 Å². The van der Waals surface area contributed by atoms with Crippen LogP contribution in [0.25, 0.3) is 0 Å². The first-order chi connectivity index (χ1) is 6.22. The average Bonchev–Trinajstić information content (AvgIpc) is 2.49. The predicted molar refractivity (Wildman–Crippen MR) is 53.0 cm³/mol.